The zero-order valence-electron chi connectivity index (χ0n) is 15.3. The average Bonchev–Trinajstić information content (AvgIpc) is 2.62. The summed E-state index contributed by atoms with van der Waals surface area (Å²) in [5.74, 6) is -1.27. The Kier molecular flexibility index (Phi) is 5.32. The van der Waals surface area contributed by atoms with Crippen LogP contribution in [0.5, 0.6) is 5.75 Å². The molecule has 0 aliphatic rings. The molecule has 3 aromatic rings. The molecule has 2 aromatic carbocycles. The highest BCUT2D eigenvalue weighted by molar-refractivity contribution is 5.94. The molecule has 1 atom stereocenters. The van der Waals surface area contributed by atoms with Crippen LogP contribution in [-0.4, -0.2) is 12.0 Å². The van der Waals surface area contributed by atoms with E-state index in [1.165, 1.54) is 25.1 Å². The lowest BCUT2D eigenvalue weighted by Gasteiger charge is -2.16. The van der Waals surface area contributed by atoms with Crippen LogP contribution in [0.2, 0.25) is 0 Å². The number of hydrogen-bond donors (Lipinski definition) is 1. The van der Waals surface area contributed by atoms with Gasteiger partial charge in [-0.2, -0.15) is 13.2 Å². The van der Waals surface area contributed by atoms with Crippen molar-refractivity contribution in [2.45, 2.75) is 26.1 Å². The maximum Gasteiger partial charge on any atom is 0.417 e. The molecule has 1 unspecified atom stereocenters. The van der Waals surface area contributed by atoms with E-state index in [9.17, 15) is 27.2 Å². The minimum Gasteiger partial charge on any atom is -0.481 e. The standard InChI is InChI=1S/C20H15F4NO4/c1-10-3-6-16(15(21)7-10)25-19(27)11(2)28-12-4-5-13-14(20(22,23)24)9-18(26)29-17(13)8-12/h3-9,11H,1-2H3,(H,25,27). The topological polar surface area (TPSA) is 68.5 Å². The van der Waals surface area contributed by atoms with Crippen molar-refractivity contribution in [3.05, 3.63) is 69.8 Å². The number of benzene rings is 2. The zero-order chi connectivity index (χ0) is 21.3. The molecule has 0 saturated carbocycles. The molecular formula is C20H15F4NO4. The van der Waals surface area contributed by atoms with Gasteiger partial charge >= 0.3 is 11.8 Å². The number of halogens is 4. The van der Waals surface area contributed by atoms with Crippen LogP contribution >= 0.6 is 0 Å². The molecule has 3 rings (SSSR count). The number of fused-ring (bicyclic) bond motifs is 1. The molecule has 0 fully saturated rings. The molecule has 29 heavy (non-hydrogen) atoms. The number of carbonyl (C=O) groups is 1. The number of aryl methyl sites for hydroxylation is 1. The lowest BCUT2D eigenvalue weighted by molar-refractivity contribution is -0.136. The number of anilines is 1. The number of hydrogen-bond acceptors (Lipinski definition) is 4. The van der Waals surface area contributed by atoms with Crippen LogP contribution < -0.4 is 15.7 Å². The molecule has 1 heterocycles. The van der Waals surface area contributed by atoms with Gasteiger partial charge in [-0.1, -0.05) is 6.07 Å². The minimum absolute atomic E-state index is 0.00648. The first kappa shape index (κ1) is 20.4. The predicted molar refractivity (Wildman–Crippen MR) is 97.3 cm³/mol. The molecule has 0 aliphatic carbocycles. The Morgan fingerprint density at radius 1 is 1.14 bits per heavy atom. The Balaban J connectivity index is 1.82. The van der Waals surface area contributed by atoms with Crippen molar-refractivity contribution in [3.8, 4) is 5.75 Å². The Bertz CT molecular complexity index is 1140. The van der Waals surface area contributed by atoms with Gasteiger partial charge in [0.2, 0.25) is 0 Å². The van der Waals surface area contributed by atoms with Gasteiger partial charge in [0.25, 0.3) is 5.91 Å². The second-order valence-electron chi connectivity index (χ2n) is 6.37. The summed E-state index contributed by atoms with van der Waals surface area (Å²) in [5.41, 5.74) is -1.98. The van der Waals surface area contributed by atoms with Gasteiger partial charge in [0.15, 0.2) is 6.10 Å². The van der Waals surface area contributed by atoms with E-state index >= 15 is 0 Å². The highest BCUT2D eigenvalue weighted by atomic mass is 19.4. The van der Waals surface area contributed by atoms with Crippen molar-refractivity contribution in [2.24, 2.45) is 0 Å². The zero-order valence-corrected chi connectivity index (χ0v) is 15.3. The van der Waals surface area contributed by atoms with Crippen LogP contribution in [0.15, 0.2) is 51.7 Å². The van der Waals surface area contributed by atoms with Crippen LogP contribution in [0.25, 0.3) is 11.0 Å². The van der Waals surface area contributed by atoms with Gasteiger partial charge < -0.3 is 14.5 Å². The van der Waals surface area contributed by atoms with E-state index in [2.05, 4.69) is 5.32 Å². The summed E-state index contributed by atoms with van der Waals surface area (Å²) in [5, 5.41) is 2.06. The molecular weight excluding hydrogens is 394 g/mol. The summed E-state index contributed by atoms with van der Waals surface area (Å²) in [7, 11) is 0. The smallest absolute Gasteiger partial charge is 0.417 e. The molecule has 152 valence electrons. The van der Waals surface area contributed by atoms with E-state index in [0.29, 0.717) is 11.6 Å². The fraction of sp³-hybridized carbons (Fsp3) is 0.200. The van der Waals surface area contributed by atoms with Crippen LogP contribution in [0.4, 0.5) is 23.2 Å². The number of alkyl halides is 3. The van der Waals surface area contributed by atoms with E-state index < -0.39 is 35.2 Å². The minimum atomic E-state index is -4.73. The number of nitrogens with one attached hydrogen (secondary N) is 1. The molecule has 0 radical (unpaired) electrons. The number of carbonyl (C=O) groups excluding carboxylic acids is 1. The number of ether oxygens (including phenoxy) is 1. The second kappa shape index (κ2) is 7.57. The molecule has 1 N–H and O–H groups in total. The fourth-order valence-corrected chi connectivity index (χ4v) is 2.66. The lowest BCUT2D eigenvalue weighted by Crippen LogP contribution is -2.30. The normalized spacial score (nSPS) is 12.6. The summed E-state index contributed by atoms with van der Waals surface area (Å²) >= 11 is 0. The maximum absolute atomic E-state index is 13.9. The number of amides is 1. The van der Waals surface area contributed by atoms with Crippen molar-refractivity contribution in [1.29, 1.82) is 0 Å². The second-order valence-corrected chi connectivity index (χ2v) is 6.37. The first-order chi connectivity index (χ1) is 13.5. The molecule has 0 bridgehead atoms. The Morgan fingerprint density at radius 3 is 2.52 bits per heavy atom. The van der Waals surface area contributed by atoms with E-state index in [1.807, 2.05) is 0 Å². The number of rotatable bonds is 4. The first-order valence-electron chi connectivity index (χ1n) is 8.43. The SMILES string of the molecule is Cc1ccc(NC(=O)C(C)Oc2ccc3c(C(F)(F)F)cc(=O)oc3c2)c(F)c1. The predicted octanol–water partition coefficient (Wildman–Crippen LogP) is 4.67. The molecule has 5 nitrogen and oxygen atoms in total. The molecule has 0 spiro atoms. The van der Waals surface area contributed by atoms with Crippen molar-refractivity contribution >= 4 is 22.6 Å². The van der Waals surface area contributed by atoms with Crippen molar-refractivity contribution in [1.82, 2.24) is 0 Å². The van der Waals surface area contributed by atoms with Gasteiger partial charge in [0.05, 0.1) is 11.3 Å². The van der Waals surface area contributed by atoms with Gasteiger partial charge in [-0.3, -0.25) is 4.79 Å². The third kappa shape index (κ3) is 4.56. The van der Waals surface area contributed by atoms with Crippen molar-refractivity contribution in [3.63, 3.8) is 0 Å². The summed E-state index contributed by atoms with van der Waals surface area (Å²) in [4.78, 5) is 23.7. The van der Waals surface area contributed by atoms with Gasteiger partial charge in [-0.25, -0.2) is 9.18 Å². The quantitative estimate of drug-likeness (QED) is 0.503. The van der Waals surface area contributed by atoms with E-state index in [4.69, 9.17) is 9.15 Å². The summed E-state index contributed by atoms with van der Waals surface area (Å²) < 4.78 is 63.3. The van der Waals surface area contributed by atoms with Crippen LogP contribution in [-0.2, 0) is 11.0 Å². The fourth-order valence-electron chi connectivity index (χ4n) is 2.66. The van der Waals surface area contributed by atoms with E-state index in [1.54, 1.807) is 13.0 Å². The van der Waals surface area contributed by atoms with Crippen LogP contribution in [0.1, 0.15) is 18.1 Å². The summed E-state index contributed by atoms with van der Waals surface area (Å²) in [6, 6.07) is 8.03. The largest absolute Gasteiger partial charge is 0.481 e. The van der Waals surface area contributed by atoms with Gasteiger partial charge in [0.1, 0.15) is 17.1 Å². The molecule has 0 saturated heterocycles. The van der Waals surface area contributed by atoms with E-state index in [0.717, 1.165) is 12.1 Å². The highest BCUT2D eigenvalue weighted by Crippen LogP contribution is 2.35. The average molecular weight is 409 g/mol. The van der Waals surface area contributed by atoms with Crippen molar-refractivity contribution < 1.29 is 31.5 Å². The van der Waals surface area contributed by atoms with Gasteiger partial charge in [0, 0.05) is 17.5 Å². The molecule has 9 heteroatoms. The van der Waals surface area contributed by atoms with Gasteiger partial charge in [-0.05, 0) is 43.7 Å². The first-order valence-corrected chi connectivity index (χ1v) is 8.43. The van der Waals surface area contributed by atoms with Gasteiger partial charge in [-0.15, -0.1) is 0 Å². The maximum atomic E-state index is 13.9. The monoisotopic (exact) mass is 409 g/mol. The molecule has 1 amide bonds. The highest BCUT2D eigenvalue weighted by Gasteiger charge is 2.34. The lowest BCUT2D eigenvalue weighted by atomic mass is 10.1. The van der Waals surface area contributed by atoms with Crippen LogP contribution in [0.3, 0.4) is 0 Å². The Labute approximate surface area is 161 Å². The van der Waals surface area contributed by atoms with Crippen LogP contribution in [0, 0.1) is 12.7 Å². The van der Waals surface area contributed by atoms with Crippen molar-refractivity contribution in [2.75, 3.05) is 5.32 Å². The summed E-state index contributed by atoms with van der Waals surface area (Å²) in [6.07, 6.45) is -5.84. The third-order valence-corrected chi connectivity index (χ3v) is 4.09. The Hall–Kier alpha value is -3.36. The third-order valence-electron chi connectivity index (χ3n) is 4.09. The molecule has 0 aliphatic heterocycles. The van der Waals surface area contributed by atoms with E-state index in [-0.39, 0.29) is 22.4 Å². The summed E-state index contributed by atoms with van der Waals surface area (Å²) in [6.45, 7) is 3.08. The molecule has 1 aromatic heterocycles. The Morgan fingerprint density at radius 2 is 1.86 bits per heavy atom.